The van der Waals surface area contributed by atoms with E-state index < -0.39 is 11.7 Å². The molecule has 8 nitrogen and oxygen atoms in total. The van der Waals surface area contributed by atoms with Gasteiger partial charge in [0.1, 0.15) is 5.82 Å². The van der Waals surface area contributed by atoms with Gasteiger partial charge in [-0.15, -0.1) is 0 Å². The number of likely N-dealkylation sites (tertiary alicyclic amines) is 1. The van der Waals surface area contributed by atoms with E-state index in [2.05, 4.69) is 38.3 Å². The highest BCUT2D eigenvalue weighted by atomic mass is 19.1. The van der Waals surface area contributed by atoms with Crippen molar-refractivity contribution in [2.75, 3.05) is 25.0 Å². The number of halogens is 1. The van der Waals surface area contributed by atoms with E-state index in [1.54, 1.807) is 19.1 Å². The predicted octanol–water partition coefficient (Wildman–Crippen LogP) is 2.77. The van der Waals surface area contributed by atoms with Crippen molar-refractivity contribution in [3.8, 4) is 0 Å². The first-order valence-corrected chi connectivity index (χ1v) is 12.9. The van der Waals surface area contributed by atoms with E-state index in [4.69, 9.17) is 0 Å². The van der Waals surface area contributed by atoms with Crippen LogP contribution in [0.2, 0.25) is 0 Å². The number of benzene rings is 2. The van der Waals surface area contributed by atoms with Gasteiger partial charge in [0.05, 0.1) is 12.5 Å². The summed E-state index contributed by atoms with van der Waals surface area (Å²) in [6.45, 7) is 6.07. The van der Waals surface area contributed by atoms with E-state index >= 15 is 0 Å². The maximum absolute atomic E-state index is 13.8. The van der Waals surface area contributed by atoms with Crippen LogP contribution in [-0.4, -0.2) is 48.3 Å². The molecule has 3 unspecified atom stereocenters. The zero-order chi connectivity index (χ0) is 26.8. The van der Waals surface area contributed by atoms with Crippen LogP contribution in [0.4, 0.5) is 10.1 Å². The van der Waals surface area contributed by atoms with Gasteiger partial charge < -0.3 is 21.3 Å². The molecule has 0 radical (unpaired) electrons. The smallest absolute Gasteiger partial charge is 0.250 e. The summed E-state index contributed by atoms with van der Waals surface area (Å²) < 4.78 is 13.8. The normalized spacial score (nSPS) is 23.8. The van der Waals surface area contributed by atoms with E-state index in [-0.39, 0.29) is 36.2 Å². The number of amides is 3. The van der Waals surface area contributed by atoms with E-state index in [0.29, 0.717) is 28.2 Å². The molecule has 2 aromatic rings. The Labute approximate surface area is 221 Å². The molecule has 3 heterocycles. The summed E-state index contributed by atoms with van der Waals surface area (Å²) in [5.41, 5.74) is 4.26. The Balaban J connectivity index is 1.13. The molecular formula is C29H32FN5O3. The van der Waals surface area contributed by atoms with Crippen molar-refractivity contribution in [1.29, 1.82) is 0 Å². The van der Waals surface area contributed by atoms with Gasteiger partial charge in [-0.05, 0) is 48.7 Å². The Morgan fingerprint density at radius 1 is 1.16 bits per heavy atom. The molecule has 3 aliphatic heterocycles. The molecule has 0 aliphatic carbocycles. The summed E-state index contributed by atoms with van der Waals surface area (Å²) in [7, 11) is 0. The number of hydrogen-bond acceptors (Lipinski definition) is 5. The number of nitrogens with one attached hydrogen (secondary N) is 4. The monoisotopic (exact) mass is 517 g/mol. The fourth-order valence-corrected chi connectivity index (χ4v) is 5.50. The van der Waals surface area contributed by atoms with Gasteiger partial charge in [-0.25, -0.2) is 4.39 Å². The van der Waals surface area contributed by atoms with Crippen molar-refractivity contribution in [2.45, 2.75) is 38.8 Å². The molecular weight excluding hydrogens is 485 g/mol. The molecule has 3 aliphatic rings. The van der Waals surface area contributed by atoms with Crippen LogP contribution in [0.1, 0.15) is 37.3 Å². The van der Waals surface area contributed by atoms with E-state index in [1.165, 1.54) is 17.7 Å². The van der Waals surface area contributed by atoms with Gasteiger partial charge >= 0.3 is 0 Å². The topological polar surface area (TPSA) is 103 Å². The van der Waals surface area contributed by atoms with Crippen LogP contribution in [0.25, 0.3) is 0 Å². The zero-order valence-electron chi connectivity index (χ0n) is 21.5. The van der Waals surface area contributed by atoms with Crippen LogP contribution in [0.5, 0.6) is 0 Å². The van der Waals surface area contributed by atoms with Gasteiger partial charge in [-0.1, -0.05) is 37.3 Å². The maximum atomic E-state index is 13.8. The van der Waals surface area contributed by atoms with Crippen LogP contribution < -0.4 is 21.3 Å². The van der Waals surface area contributed by atoms with Gasteiger partial charge in [0, 0.05) is 54.2 Å². The Kier molecular flexibility index (Phi) is 7.28. The molecule has 0 spiro atoms. The van der Waals surface area contributed by atoms with Gasteiger partial charge in [-0.2, -0.15) is 0 Å². The van der Waals surface area contributed by atoms with E-state index in [9.17, 15) is 18.8 Å². The highest BCUT2D eigenvalue weighted by molar-refractivity contribution is 6.04. The lowest BCUT2D eigenvalue weighted by Gasteiger charge is -2.17. The number of fused-ring (bicyclic) bond motifs is 1. The summed E-state index contributed by atoms with van der Waals surface area (Å²) in [4.78, 5) is 40.4. The maximum Gasteiger partial charge on any atom is 0.250 e. The highest BCUT2D eigenvalue weighted by Gasteiger charge is 2.34. The Morgan fingerprint density at radius 3 is 2.74 bits per heavy atom. The second kappa shape index (κ2) is 10.8. The molecule has 3 amide bonds. The third-order valence-electron chi connectivity index (χ3n) is 7.41. The number of carbonyl (C=O) groups excluding carboxylic acids is 3. The minimum atomic E-state index is -0.653. The molecule has 4 N–H and O–H groups in total. The first-order valence-electron chi connectivity index (χ1n) is 12.9. The van der Waals surface area contributed by atoms with Gasteiger partial charge in [0.15, 0.2) is 0 Å². The van der Waals surface area contributed by atoms with E-state index in [1.807, 2.05) is 25.1 Å². The van der Waals surface area contributed by atoms with E-state index in [0.717, 1.165) is 26.1 Å². The Bertz CT molecular complexity index is 1320. The first-order chi connectivity index (χ1) is 18.3. The van der Waals surface area contributed by atoms with Crippen molar-refractivity contribution in [3.05, 3.63) is 88.5 Å². The summed E-state index contributed by atoms with van der Waals surface area (Å²) in [5, 5.41) is 11.7. The van der Waals surface area contributed by atoms with Crippen molar-refractivity contribution in [3.63, 3.8) is 0 Å². The standard InChI is InChI=1S/C29H32FN5O3/c1-17-25(13-23-22-12-20(30)8-9-24(22)34-28(23)37)32-18(2)27(17)29(38)31-14-26(36)33-21-10-11-35(16-21)15-19-6-4-3-5-7-19/h3-9,12-13,17,21,23,32H,10-11,14-16H2,1-2H3,(H,31,38)(H,33,36)(H,34,37). The fourth-order valence-electron chi connectivity index (χ4n) is 5.50. The number of nitrogens with zero attached hydrogens (tertiary/aromatic N) is 1. The first kappa shape index (κ1) is 25.7. The second-order valence-electron chi connectivity index (χ2n) is 10.2. The fraction of sp³-hybridized carbons (Fsp3) is 0.345. The molecule has 1 saturated heterocycles. The lowest BCUT2D eigenvalue weighted by atomic mass is 9.94. The second-order valence-corrected chi connectivity index (χ2v) is 10.2. The summed E-state index contributed by atoms with van der Waals surface area (Å²) in [6, 6.07) is 14.5. The van der Waals surface area contributed by atoms with Crippen molar-refractivity contribution in [2.24, 2.45) is 5.92 Å². The van der Waals surface area contributed by atoms with Crippen molar-refractivity contribution < 1.29 is 18.8 Å². The molecule has 5 rings (SSSR count). The highest BCUT2D eigenvalue weighted by Crippen LogP contribution is 2.37. The number of carbonyl (C=O) groups is 3. The minimum absolute atomic E-state index is 0.0518. The number of anilines is 1. The molecule has 38 heavy (non-hydrogen) atoms. The molecule has 0 bridgehead atoms. The molecule has 198 valence electrons. The van der Waals surface area contributed by atoms with Crippen LogP contribution >= 0.6 is 0 Å². The molecule has 3 atom stereocenters. The lowest BCUT2D eigenvalue weighted by molar-refractivity contribution is -0.124. The average molecular weight is 518 g/mol. The molecule has 0 aromatic heterocycles. The summed E-state index contributed by atoms with van der Waals surface area (Å²) in [6.07, 6.45) is 2.61. The SMILES string of the molecule is CC1=C(C(=O)NCC(=O)NC2CCN(Cc3ccccc3)C2)C(C)C(=CC2C(=O)Nc3ccc(F)cc32)N1. The third kappa shape index (κ3) is 5.47. The largest absolute Gasteiger partial charge is 0.362 e. The quantitative estimate of drug-likeness (QED) is 0.453. The number of allylic oxidation sites excluding steroid dienone is 2. The number of rotatable bonds is 7. The van der Waals surface area contributed by atoms with Crippen LogP contribution in [0.15, 0.2) is 71.6 Å². The van der Waals surface area contributed by atoms with Crippen LogP contribution in [0, 0.1) is 11.7 Å². The zero-order valence-corrected chi connectivity index (χ0v) is 21.5. The molecule has 1 fully saturated rings. The van der Waals surface area contributed by atoms with Gasteiger partial charge in [0.25, 0.3) is 0 Å². The third-order valence-corrected chi connectivity index (χ3v) is 7.41. The Hall–Kier alpha value is -3.98. The van der Waals surface area contributed by atoms with Crippen LogP contribution in [-0.2, 0) is 20.9 Å². The molecule has 2 aromatic carbocycles. The summed E-state index contributed by atoms with van der Waals surface area (Å²) >= 11 is 0. The summed E-state index contributed by atoms with van der Waals surface area (Å²) in [5.74, 6) is -2.18. The Morgan fingerprint density at radius 2 is 1.95 bits per heavy atom. The number of hydrogen-bond donors (Lipinski definition) is 4. The van der Waals surface area contributed by atoms with Crippen LogP contribution in [0.3, 0.4) is 0 Å². The predicted molar refractivity (Wildman–Crippen MR) is 142 cm³/mol. The van der Waals surface area contributed by atoms with Gasteiger partial charge in [0.2, 0.25) is 17.7 Å². The van der Waals surface area contributed by atoms with Crippen molar-refractivity contribution >= 4 is 23.4 Å². The minimum Gasteiger partial charge on any atom is -0.362 e. The lowest BCUT2D eigenvalue weighted by Crippen LogP contribution is -2.43. The molecule has 0 saturated carbocycles. The average Bonchev–Trinajstić information content (AvgIpc) is 3.54. The van der Waals surface area contributed by atoms with Crippen molar-refractivity contribution in [1.82, 2.24) is 20.9 Å². The van der Waals surface area contributed by atoms with Gasteiger partial charge in [-0.3, -0.25) is 19.3 Å². The molecule has 9 heteroatoms.